The van der Waals surface area contributed by atoms with Crippen LogP contribution >= 0.6 is 0 Å². The van der Waals surface area contributed by atoms with Gasteiger partial charge in [-0.15, -0.1) is 0 Å². The molecule has 0 spiro atoms. The van der Waals surface area contributed by atoms with Crippen LogP contribution in [0.25, 0.3) is 22.6 Å². The molecule has 0 bridgehead atoms. The van der Waals surface area contributed by atoms with E-state index in [0.29, 0.717) is 36.1 Å². The number of amides is 2. The molecule has 1 atom stereocenters. The monoisotopic (exact) mass is 529 g/mol. The highest BCUT2D eigenvalue weighted by molar-refractivity contribution is 5.99. The summed E-state index contributed by atoms with van der Waals surface area (Å²) in [6, 6.07) is 14.1. The second kappa shape index (κ2) is 11.4. The molecule has 11 nitrogen and oxygen atoms in total. The fraction of sp³-hybridized carbons (Fsp3) is 0.357. The molecule has 4 heterocycles. The van der Waals surface area contributed by atoms with Gasteiger partial charge in [0.1, 0.15) is 11.7 Å². The summed E-state index contributed by atoms with van der Waals surface area (Å²) in [5.41, 5.74) is 4.38. The first-order valence-electron chi connectivity index (χ1n) is 13.2. The lowest BCUT2D eigenvalue weighted by Gasteiger charge is -2.30. The lowest BCUT2D eigenvalue weighted by atomic mass is 10.2. The summed E-state index contributed by atoms with van der Waals surface area (Å²) in [5, 5.41) is 14.8. The maximum Gasteiger partial charge on any atom is 0.323 e. The Morgan fingerprint density at radius 2 is 1.67 bits per heavy atom. The van der Waals surface area contributed by atoms with Crippen LogP contribution in [0.2, 0.25) is 0 Å². The fourth-order valence-electron chi connectivity index (χ4n) is 4.90. The zero-order valence-corrected chi connectivity index (χ0v) is 21.5. The minimum atomic E-state index is -0.359. The van der Waals surface area contributed by atoms with Crippen molar-refractivity contribution in [3.63, 3.8) is 0 Å². The second-order valence-corrected chi connectivity index (χ2v) is 9.63. The molecule has 2 aromatic heterocycles. The Labute approximate surface area is 225 Å². The number of aromatic nitrogens is 4. The third kappa shape index (κ3) is 5.56. The molecular weight excluding hydrogens is 498 g/mol. The molecule has 6 rings (SSSR count). The number of aliphatic hydroxyl groups is 1. The van der Waals surface area contributed by atoms with Crippen molar-refractivity contribution < 1.29 is 19.4 Å². The third-order valence-electron chi connectivity index (χ3n) is 6.98. The van der Waals surface area contributed by atoms with Crippen LogP contribution in [0.5, 0.6) is 0 Å². The molecule has 0 saturated carbocycles. The minimum Gasteiger partial charge on any atom is -0.392 e. The van der Waals surface area contributed by atoms with E-state index >= 15 is 0 Å². The lowest BCUT2D eigenvalue weighted by Crippen LogP contribution is -2.37. The second-order valence-electron chi connectivity index (χ2n) is 9.63. The van der Waals surface area contributed by atoms with E-state index in [0.717, 1.165) is 61.4 Å². The summed E-state index contributed by atoms with van der Waals surface area (Å²) < 4.78 is 13.7. The molecule has 2 aliphatic heterocycles. The largest absolute Gasteiger partial charge is 0.392 e. The quantitative estimate of drug-likeness (QED) is 0.340. The summed E-state index contributed by atoms with van der Waals surface area (Å²) in [7, 11) is 0. The number of nitrogens with one attached hydrogen (secondary N) is 2. The van der Waals surface area contributed by atoms with Gasteiger partial charge in [0.15, 0.2) is 17.3 Å². The van der Waals surface area contributed by atoms with Crippen LogP contribution in [0.15, 0.2) is 54.9 Å². The molecule has 0 radical (unpaired) electrons. The van der Waals surface area contributed by atoms with Gasteiger partial charge >= 0.3 is 6.03 Å². The standard InChI is InChI=1S/C28H31N7O4/c36-17-19-4-8-21(9-5-19)30-28(37)31-22-10-6-20(7-11-22)25-32-26-24(27(33-25)34-12-15-38-16-13-34)35(18-29-26)23-3-1-2-14-39-23/h4-11,18,23,36H,1-3,12-17H2,(H2,30,31,37). The number of hydrogen-bond acceptors (Lipinski definition) is 8. The first kappa shape index (κ1) is 25.2. The highest BCUT2D eigenvalue weighted by Gasteiger charge is 2.25. The van der Waals surface area contributed by atoms with Gasteiger partial charge in [0, 0.05) is 36.6 Å². The molecule has 1 unspecified atom stereocenters. The Morgan fingerprint density at radius 3 is 2.33 bits per heavy atom. The normalized spacial score (nSPS) is 17.8. The summed E-state index contributed by atoms with van der Waals surface area (Å²) in [6.07, 6.45) is 4.87. The van der Waals surface area contributed by atoms with Gasteiger partial charge in [-0.2, -0.15) is 0 Å². The zero-order valence-electron chi connectivity index (χ0n) is 21.5. The smallest absolute Gasteiger partial charge is 0.323 e. The number of nitrogens with zero attached hydrogens (tertiary/aromatic N) is 5. The van der Waals surface area contributed by atoms with Crippen molar-refractivity contribution in [1.82, 2.24) is 19.5 Å². The number of imidazole rings is 1. The Morgan fingerprint density at radius 1 is 0.949 bits per heavy atom. The van der Waals surface area contributed by atoms with Crippen molar-refractivity contribution in [3.8, 4) is 11.4 Å². The number of ether oxygens (including phenoxy) is 2. The van der Waals surface area contributed by atoms with E-state index in [4.69, 9.17) is 19.4 Å². The van der Waals surface area contributed by atoms with Crippen LogP contribution in [0.3, 0.4) is 0 Å². The van der Waals surface area contributed by atoms with Gasteiger partial charge in [0.2, 0.25) is 0 Å². The number of rotatable bonds is 6. The first-order valence-corrected chi connectivity index (χ1v) is 13.2. The van der Waals surface area contributed by atoms with Crippen LogP contribution in [-0.2, 0) is 16.1 Å². The number of carbonyl (C=O) groups excluding carboxylic acids is 1. The van der Waals surface area contributed by atoms with Gasteiger partial charge in [0.05, 0.1) is 26.1 Å². The van der Waals surface area contributed by atoms with Crippen molar-refractivity contribution in [2.24, 2.45) is 0 Å². The van der Waals surface area contributed by atoms with E-state index in [-0.39, 0.29) is 18.9 Å². The lowest BCUT2D eigenvalue weighted by molar-refractivity contribution is -0.0295. The summed E-state index contributed by atoms with van der Waals surface area (Å²) in [5.74, 6) is 1.40. The highest BCUT2D eigenvalue weighted by Crippen LogP contribution is 2.33. The Balaban J connectivity index is 1.24. The van der Waals surface area contributed by atoms with E-state index in [9.17, 15) is 9.90 Å². The van der Waals surface area contributed by atoms with Gasteiger partial charge in [-0.05, 0) is 61.2 Å². The Bertz CT molecular complexity index is 1430. The van der Waals surface area contributed by atoms with Crippen molar-refractivity contribution in [3.05, 3.63) is 60.4 Å². The fourth-order valence-corrected chi connectivity index (χ4v) is 4.90. The number of carbonyl (C=O) groups is 1. The Hall–Kier alpha value is -4.06. The van der Waals surface area contributed by atoms with E-state index in [1.165, 1.54) is 0 Å². The van der Waals surface area contributed by atoms with Crippen molar-refractivity contribution in [2.75, 3.05) is 48.4 Å². The molecule has 11 heteroatoms. The molecule has 2 aromatic carbocycles. The third-order valence-corrected chi connectivity index (χ3v) is 6.98. The number of benzene rings is 2. The summed E-state index contributed by atoms with van der Waals surface area (Å²) in [6.45, 7) is 3.46. The number of urea groups is 1. The van der Waals surface area contributed by atoms with Crippen LogP contribution in [0.4, 0.5) is 22.0 Å². The zero-order chi connectivity index (χ0) is 26.6. The molecule has 4 aromatic rings. The molecule has 2 aliphatic rings. The van der Waals surface area contributed by atoms with Crippen LogP contribution < -0.4 is 15.5 Å². The number of aliphatic hydroxyl groups excluding tert-OH is 1. The molecule has 2 fully saturated rings. The van der Waals surface area contributed by atoms with E-state index in [1.807, 2.05) is 30.6 Å². The first-order chi connectivity index (χ1) is 19.2. The van der Waals surface area contributed by atoms with Crippen LogP contribution in [0.1, 0.15) is 31.1 Å². The SMILES string of the molecule is O=C(Nc1ccc(CO)cc1)Nc1ccc(-c2nc(N3CCOCC3)c3c(ncn3C3CCCCO3)n2)cc1. The van der Waals surface area contributed by atoms with Crippen LogP contribution in [0, 0.1) is 0 Å². The molecular formula is C28H31N7O4. The van der Waals surface area contributed by atoms with Gasteiger partial charge in [0.25, 0.3) is 0 Å². The molecule has 0 aliphatic carbocycles. The topological polar surface area (TPSA) is 127 Å². The van der Waals surface area contributed by atoms with Gasteiger partial charge < -0.3 is 30.1 Å². The summed E-state index contributed by atoms with van der Waals surface area (Å²) in [4.78, 5) is 29.1. The predicted octanol–water partition coefficient (Wildman–Crippen LogP) is 4.17. The number of hydrogen-bond donors (Lipinski definition) is 3. The van der Waals surface area contributed by atoms with E-state index in [1.54, 1.807) is 24.3 Å². The highest BCUT2D eigenvalue weighted by atomic mass is 16.5. The molecule has 3 N–H and O–H groups in total. The van der Waals surface area contributed by atoms with Crippen molar-refractivity contribution in [2.45, 2.75) is 32.1 Å². The van der Waals surface area contributed by atoms with E-state index < -0.39 is 0 Å². The van der Waals surface area contributed by atoms with E-state index in [2.05, 4.69) is 25.1 Å². The van der Waals surface area contributed by atoms with Gasteiger partial charge in [-0.1, -0.05) is 12.1 Å². The predicted molar refractivity (Wildman–Crippen MR) is 148 cm³/mol. The van der Waals surface area contributed by atoms with Crippen LogP contribution in [-0.4, -0.2) is 63.6 Å². The van der Waals surface area contributed by atoms with Crippen molar-refractivity contribution in [1.29, 1.82) is 0 Å². The van der Waals surface area contributed by atoms with Gasteiger partial charge in [-0.25, -0.2) is 19.7 Å². The summed E-state index contributed by atoms with van der Waals surface area (Å²) >= 11 is 0. The van der Waals surface area contributed by atoms with Gasteiger partial charge in [-0.3, -0.25) is 4.57 Å². The molecule has 2 amide bonds. The molecule has 39 heavy (non-hydrogen) atoms. The Kier molecular flexibility index (Phi) is 7.35. The maximum atomic E-state index is 12.5. The molecule has 202 valence electrons. The number of anilines is 3. The average Bonchev–Trinajstić information content (AvgIpc) is 3.42. The number of fused-ring (bicyclic) bond motifs is 1. The maximum absolute atomic E-state index is 12.5. The number of morpholine rings is 1. The van der Waals surface area contributed by atoms with Crippen molar-refractivity contribution >= 4 is 34.4 Å². The molecule has 2 saturated heterocycles. The average molecular weight is 530 g/mol. The minimum absolute atomic E-state index is 0.0414.